The Balaban J connectivity index is 2.03. The highest BCUT2D eigenvalue weighted by molar-refractivity contribution is 5.52. The third-order valence-corrected chi connectivity index (χ3v) is 2.74. The van der Waals surface area contributed by atoms with Crippen LogP contribution in [0.1, 0.15) is 11.3 Å². The summed E-state index contributed by atoms with van der Waals surface area (Å²) in [7, 11) is 3.02. The van der Waals surface area contributed by atoms with Gasteiger partial charge >= 0.3 is 0 Å². The van der Waals surface area contributed by atoms with Crippen molar-refractivity contribution in [2.75, 3.05) is 14.2 Å². The molecule has 0 amide bonds. The molecule has 102 valence electrons. The summed E-state index contributed by atoms with van der Waals surface area (Å²) >= 11 is 0. The predicted octanol–water partition coefficient (Wildman–Crippen LogP) is 1.42. The SMILES string of the molecule is COc1cc(CNCc2ccn[nH]2)cc(OC)c1O. The molecule has 0 saturated heterocycles. The Hall–Kier alpha value is -2.21. The Morgan fingerprint density at radius 2 is 1.89 bits per heavy atom. The van der Waals surface area contributed by atoms with Gasteiger partial charge in [0.15, 0.2) is 11.5 Å². The number of H-pyrrole nitrogens is 1. The number of methoxy groups -OCH3 is 2. The molecule has 2 aromatic rings. The van der Waals surface area contributed by atoms with E-state index >= 15 is 0 Å². The molecule has 19 heavy (non-hydrogen) atoms. The van der Waals surface area contributed by atoms with E-state index in [-0.39, 0.29) is 5.75 Å². The Morgan fingerprint density at radius 1 is 1.21 bits per heavy atom. The monoisotopic (exact) mass is 263 g/mol. The van der Waals surface area contributed by atoms with Crippen LogP contribution in [-0.2, 0) is 13.1 Å². The highest BCUT2D eigenvalue weighted by Gasteiger charge is 2.10. The number of nitrogens with zero attached hydrogens (tertiary/aromatic N) is 1. The molecule has 6 nitrogen and oxygen atoms in total. The Labute approximate surface area is 111 Å². The number of hydrogen-bond acceptors (Lipinski definition) is 5. The average Bonchev–Trinajstić information content (AvgIpc) is 2.93. The van der Waals surface area contributed by atoms with Crippen LogP contribution in [0.4, 0.5) is 0 Å². The molecule has 0 aliphatic heterocycles. The van der Waals surface area contributed by atoms with Crippen molar-refractivity contribution in [1.82, 2.24) is 15.5 Å². The van der Waals surface area contributed by atoms with Crippen molar-refractivity contribution in [2.45, 2.75) is 13.1 Å². The minimum Gasteiger partial charge on any atom is -0.502 e. The first kappa shape index (κ1) is 13.2. The highest BCUT2D eigenvalue weighted by Crippen LogP contribution is 2.36. The minimum atomic E-state index is 0.0160. The van der Waals surface area contributed by atoms with Gasteiger partial charge in [-0.25, -0.2) is 0 Å². The zero-order chi connectivity index (χ0) is 13.7. The number of aromatic amines is 1. The van der Waals surface area contributed by atoms with Gasteiger partial charge in [-0.05, 0) is 23.8 Å². The molecule has 6 heteroatoms. The standard InChI is InChI=1S/C13H17N3O3/c1-18-11-5-9(6-12(19-2)13(11)17)7-14-8-10-3-4-15-16-10/h3-6,14,17H,7-8H2,1-2H3,(H,15,16). The molecule has 0 radical (unpaired) electrons. The van der Waals surface area contributed by atoms with E-state index in [0.29, 0.717) is 24.6 Å². The third kappa shape index (κ3) is 3.17. The summed E-state index contributed by atoms with van der Waals surface area (Å²) in [6, 6.07) is 5.46. The van der Waals surface area contributed by atoms with E-state index in [1.807, 2.05) is 6.07 Å². The zero-order valence-electron chi connectivity index (χ0n) is 10.9. The lowest BCUT2D eigenvalue weighted by atomic mass is 10.2. The van der Waals surface area contributed by atoms with Gasteiger partial charge in [0.2, 0.25) is 5.75 Å². The van der Waals surface area contributed by atoms with Crippen LogP contribution >= 0.6 is 0 Å². The molecule has 0 fully saturated rings. The van der Waals surface area contributed by atoms with Crippen molar-refractivity contribution in [3.05, 3.63) is 35.7 Å². The largest absolute Gasteiger partial charge is 0.502 e. The van der Waals surface area contributed by atoms with Gasteiger partial charge < -0.3 is 19.9 Å². The molecule has 1 heterocycles. The van der Waals surface area contributed by atoms with Crippen molar-refractivity contribution in [3.8, 4) is 17.2 Å². The molecule has 0 unspecified atom stereocenters. The van der Waals surface area contributed by atoms with Crippen LogP contribution in [0.5, 0.6) is 17.2 Å². The smallest absolute Gasteiger partial charge is 0.200 e. The summed E-state index contributed by atoms with van der Waals surface area (Å²) in [6.07, 6.45) is 1.71. The normalized spacial score (nSPS) is 10.4. The van der Waals surface area contributed by atoms with Crippen molar-refractivity contribution in [1.29, 1.82) is 0 Å². The van der Waals surface area contributed by atoms with Crippen molar-refractivity contribution in [2.24, 2.45) is 0 Å². The van der Waals surface area contributed by atoms with E-state index in [2.05, 4.69) is 15.5 Å². The molecule has 1 aromatic carbocycles. The molecule has 0 aliphatic carbocycles. The first-order valence-corrected chi connectivity index (χ1v) is 5.87. The number of phenolic OH excluding ortho intramolecular Hbond substituents is 1. The zero-order valence-corrected chi connectivity index (χ0v) is 10.9. The molecule has 2 rings (SSSR count). The van der Waals surface area contributed by atoms with Crippen LogP contribution in [-0.4, -0.2) is 29.5 Å². The van der Waals surface area contributed by atoms with E-state index in [4.69, 9.17) is 9.47 Å². The van der Waals surface area contributed by atoms with Gasteiger partial charge in [-0.2, -0.15) is 5.10 Å². The molecular weight excluding hydrogens is 246 g/mol. The molecule has 0 aliphatic rings. The van der Waals surface area contributed by atoms with E-state index < -0.39 is 0 Å². The van der Waals surface area contributed by atoms with Crippen molar-refractivity contribution in [3.63, 3.8) is 0 Å². The molecule has 0 saturated carbocycles. The molecule has 0 atom stereocenters. The second-order valence-electron chi connectivity index (χ2n) is 4.03. The maximum Gasteiger partial charge on any atom is 0.200 e. The molecular formula is C13H17N3O3. The maximum atomic E-state index is 9.81. The lowest BCUT2D eigenvalue weighted by Gasteiger charge is -2.11. The van der Waals surface area contributed by atoms with Gasteiger partial charge in [-0.1, -0.05) is 0 Å². The van der Waals surface area contributed by atoms with Gasteiger partial charge in [0, 0.05) is 25.0 Å². The first-order chi connectivity index (χ1) is 9.24. The number of rotatable bonds is 6. The van der Waals surface area contributed by atoms with E-state index in [9.17, 15) is 5.11 Å². The lowest BCUT2D eigenvalue weighted by Crippen LogP contribution is -2.13. The third-order valence-electron chi connectivity index (χ3n) is 2.74. The van der Waals surface area contributed by atoms with Crippen LogP contribution in [0.25, 0.3) is 0 Å². The second-order valence-corrected chi connectivity index (χ2v) is 4.03. The van der Waals surface area contributed by atoms with Gasteiger partial charge in [-0.3, -0.25) is 5.10 Å². The fourth-order valence-electron chi connectivity index (χ4n) is 1.77. The summed E-state index contributed by atoms with van der Waals surface area (Å²) in [5.41, 5.74) is 1.98. The summed E-state index contributed by atoms with van der Waals surface area (Å²) < 4.78 is 10.2. The number of phenols is 1. The van der Waals surface area contributed by atoms with Crippen LogP contribution in [0.15, 0.2) is 24.4 Å². The Bertz CT molecular complexity index is 501. The summed E-state index contributed by atoms with van der Waals surface area (Å²) in [4.78, 5) is 0. The summed E-state index contributed by atoms with van der Waals surface area (Å²) in [5.74, 6) is 0.817. The van der Waals surface area contributed by atoms with Gasteiger partial charge in [-0.15, -0.1) is 0 Å². The van der Waals surface area contributed by atoms with Crippen LogP contribution in [0.2, 0.25) is 0 Å². The number of nitrogens with one attached hydrogen (secondary N) is 2. The second kappa shape index (κ2) is 6.10. The Kier molecular flexibility index (Phi) is 4.25. The van der Waals surface area contributed by atoms with Gasteiger partial charge in [0.1, 0.15) is 0 Å². The van der Waals surface area contributed by atoms with Gasteiger partial charge in [0.05, 0.1) is 14.2 Å². The Morgan fingerprint density at radius 3 is 2.42 bits per heavy atom. The van der Waals surface area contributed by atoms with E-state index in [0.717, 1.165) is 11.3 Å². The molecule has 0 spiro atoms. The van der Waals surface area contributed by atoms with Crippen LogP contribution in [0.3, 0.4) is 0 Å². The number of aromatic nitrogens is 2. The lowest BCUT2D eigenvalue weighted by molar-refractivity contribution is 0.339. The quantitative estimate of drug-likeness (QED) is 0.734. The van der Waals surface area contributed by atoms with Crippen LogP contribution in [0, 0.1) is 0 Å². The highest BCUT2D eigenvalue weighted by atomic mass is 16.5. The first-order valence-electron chi connectivity index (χ1n) is 5.87. The van der Waals surface area contributed by atoms with E-state index in [1.165, 1.54) is 14.2 Å². The predicted molar refractivity (Wildman–Crippen MR) is 70.3 cm³/mol. The number of hydrogen-bond donors (Lipinski definition) is 3. The fourth-order valence-corrected chi connectivity index (χ4v) is 1.77. The number of benzene rings is 1. The number of ether oxygens (including phenoxy) is 2. The maximum absolute atomic E-state index is 9.81. The summed E-state index contributed by atoms with van der Waals surface area (Å²) in [6.45, 7) is 1.32. The van der Waals surface area contributed by atoms with Crippen molar-refractivity contribution < 1.29 is 14.6 Å². The topological polar surface area (TPSA) is 79.4 Å². The minimum absolute atomic E-state index is 0.0160. The van der Waals surface area contributed by atoms with Crippen LogP contribution < -0.4 is 14.8 Å². The molecule has 1 aromatic heterocycles. The molecule has 3 N–H and O–H groups in total. The van der Waals surface area contributed by atoms with Gasteiger partial charge in [0.25, 0.3) is 0 Å². The molecule has 0 bridgehead atoms. The van der Waals surface area contributed by atoms with Crippen molar-refractivity contribution >= 4 is 0 Å². The summed E-state index contributed by atoms with van der Waals surface area (Å²) in [5, 5.41) is 19.8. The number of aromatic hydroxyl groups is 1. The fraction of sp³-hybridized carbons (Fsp3) is 0.308. The average molecular weight is 263 g/mol. The van der Waals surface area contributed by atoms with E-state index in [1.54, 1.807) is 18.3 Å².